The number of imidazole rings is 1. The number of hydrogen-bond acceptors (Lipinski definition) is 3. The first-order valence-electron chi connectivity index (χ1n) is 6.17. The van der Waals surface area contributed by atoms with E-state index in [0.29, 0.717) is 11.6 Å². The fraction of sp³-hybridized carbons (Fsp3) is 0.357. The van der Waals surface area contributed by atoms with Crippen molar-refractivity contribution < 1.29 is 4.74 Å². The number of nitrogens with zero attached hydrogens (tertiary/aromatic N) is 2. The van der Waals surface area contributed by atoms with Gasteiger partial charge in [0, 0.05) is 25.5 Å². The van der Waals surface area contributed by atoms with Crippen LogP contribution in [0.3, 0.4) is 0 Å². The van der Waals surface area contributed by atoms with Gasteiger partial charge in [0.15, 0.2) is 0 Å². The topological polar surface area (TPSA) is 39.1 Å². The molecule has 102 valence electrons. The molecule has 0 aliphatic heterocycles. The van der Waals surface area contributed by atoms with E-state index >= 15 is 0 Å². The molecular formula is C14H18ClN3O. The van der Waals surface area contributed by atoms with Gasteiger partial charge in [0.05, 0.1) is 17.3 Å². The summed E-state index contributed by atoms with van der Waals surface area (Å²) in [5.74, 6) is 0.761. The summed E-state index contributed by atoms with van der Waals surface area (Å²) in [4.78, 5) is 4.32. The fourth-order valence-electron chi connectivity index (χ4n) is 1.92. The van der Waals surface area contributed by atoms with Crippen LogP contribution < -0.4 is 5.32 Å². The van der Waals surface area contributed by atoms with Gasteiger partial charge in [-0.3, -0.25) is 4.57 Å². The lowest BCUT2D eigenvalue weighted by atomic mass is 10.2. The molecule has 0 fully saturated rings. The van der Waals surface area contributed by atoms with Crippen LogP contribution in [0.1, 0.15) is 12.5 Å². The first kappa shape index (κ1) is 13.9. The molecule has 4 nitrogen and oxygen atoms in total. The van der Waals surface area contributed by atoms with Crippen molar-refractivity contribution in [3.63, 3.8) is 0 Å². The molecule has 2 aromatic rings. The van der Waals surface area contributed by atoms with Gasteiger partial charge in [0.1, 0.15) is 0 Å². The number of halogens is 1. The average Bonchev–Trinajstić information content (AvgIpc) is 2.80. The van der Waals surface area contributed by atoms with Crippen molar-refractivity contribution in [2.45, 2.75) is 19.9 Å². The van der Waals surface area contributed by atoms with E-state index in [1.54, 1.807) is 13.3 Å². The van der Waals surface area contributed by atoms with Gasteiger partial charge in [-0.05, 0) is 31.5 Å². The largest absolute Gasteiger partial charge is 0.383 e. The Kier molecular flexibility index (Phi) is 4.45. The van der Waals surface area contributed by atoms with Gasteiger partial charge < -0.3 is 10.1 Å². The van der Waals surface area contributed by atoms with Crippen molar-refractivity contribution in [3.8, 4) is 5.69 Å². The molecule has 1 atom stereocenters. The molecule has 1 aromatic carbocycles. The molecule has 0 aliphatic carbocycles. The van der Waals surface area contributed by atoms with Gasteiger partial charge >= 0.3 is 0 Å². The Morgan fingerprint density at radius 1 is 1.47 bits per heavy atom. The van der Waals surface area contributed by atoms with Gasteiger partial charge in [-0.2, -0.15) is 0 Å². The molecule has 0 amide bonds. The first-order chi connectivity index (χ1) is 9.11. The number of nitrogens with one attached hydrogen (secondary N) is 1. The number of ether oxygens (including phenoxy) is 1. The summed E-state index contributed by atoms with van der Waals surface area (Å²) < 4.78 is 7.06. The van der Waals surface area contributed by atoms with Crippen LogP contribution >= 0.6 is 11.6 Å². The normalized spacial score (nSPS) is 12.4. The Morgan fingerprint density at radius 2 is 2.26 bits per heavy atom. The van der Waals surface area contributed by atoms with E-state index in [4.69, 9.17) is 16.3 Å². The Labute approximate surface area is 118 Å². The number of methoxy groups -OCH3 is 1. The van der Waals surface area contributed by atoms with Crippen LogP contribution in [0.2, 0.25) is 5.02 Å². The molecule has 1 heterocycles. The molecular weight excluding hydrogens is 262 g/mol. The van der Waals surface area contributed by atoms with Gasteiger partial charge in [-0.25, -0.2) is 4.98 Å². The molecule has 0 bridgehead atoms. The number of aromatic nitrogens is 2. The zero-order valence-electron chi connectivity index (χ0n) is 11.4. The minimum atomic E-state index is 0.176. The summed E-state index contributed by atoms with van der Waals surface area (Å²) in [5.41, 5.74) is 2.08. The van der Waals surface area contributed by atoms with Crippen LogP contribution in [0.25, 0.3) is 5.69 Å². The van der Waals surface area contributed by atoms with E-state index in [0.717, 1.165) is 17.2 Å². The molecule has 0 spiro atoms. The highest BCUT2D eigenvalue weighted by molar-refractivity contribution is 6.32. The maximum atomic E-state index is 6.26. The highest BCUT2D eigenvalue weighted by Crippen LogP contribution is 2.24. The van der Waals surface area contributed by atoms with E-state index in [1.165, 1.54) is 0 Å². The van der Waals surface area contributed by atoms with Crippen molar-refractivity contribution in [3.05, 3.63) is 41.2 Å². The highest BCUT2D eigenvalue weighted by Gasteiger charge is 2.10. The molecule has 1 aromatic heterocycles. The Morgan fingerprint density at radius 3 is 3.00 bits per heavy atom. The predicted molar refractivity (Wildman–Crippen MR) is 78.3 cm³/mol. The summed E-state index contributed by atoms with van der Waals surface area (Å²) in [6.45, 7) is 4.70. The van der Waals surface area contributed by atoms with Crippen LogP contribution in [0.5, 0.6) is 0 Å². The van der Waals surface area contributed by atoms with E-state index in [-0.39, 0.29) is 6.04 Å². The van der Waals surface area contributed by atoms with Crippen LogP contribution in [0.4, 0.5) is 5.95 Å². The number of hydrogen-bond donors (Lipinski definition) is 1. The third-order valence-corrected chi connectivity index (χ3v) is 3.11. The van der Waals surface area contributed by atoms with E-state index in [1.807, 2.05) is 42.8 Å². The number of anilines is 1. The van der Waals surface area contributed by atoms with Crippen LogP contribution in [0, 0.1) is 6.92 Å². The van der Waals surface area contributed by atoms with Crippen molar-refractivity contribution in [1.29, 1.82) is 0 Å². The minimum Gasteiger partial charge on any atom is -0.383 e. The van der Waals surface area contributed by atoms with Gasteiger partial charge in [-0.15, -0.1) is 0 Å². The number of aryl methyl sites for hydroxylation is 1. The molecule has 1 unspecified atom stereocenters. The van der Waals surface area contributed by atoms with Crippen molar-refractivity contribution in [2.75, 3.05) is 19.0 Å². The lowest BCUT2D eigenvalue weighted by Gasteiger charge is -2.16. The molecule has 5 heteroatoms. The summed E-state index contributed by atoms with van der Waals surface area (Å²) in [6, 6.07) is 6.10. The van der Waals surface area contributed by atoms with Gasteiger partial charge in [0.2, 0.25) is 5.95 Å². The second-order valence-corrected chi connectivity index (χ2v) is 4.98. The molecule has 0 aliphatic rings. The molecule has 1 N–H and O–H groups in total. The van der Waals surface area contributed by atoms with E-state index < -0.39 is 0 Å². The number of rotatable bonds is 5. The molecule has 19 heavy (non-hydrogen) atoms. The third kappa shape index (κ3) is 3.28. The van der Waals surface area contributed by atoms with Crippen LogP contribution in [-0.2, 0) is 4.74 Å². The molecule has 0 saturated heterocycles. The SMILES string of the molecule is COCC(C)Nc1nccn1-c1cc(C)ccc1Cl. The standard InChI is InChI=1S/C14H18ClN3O/c1-10-4-5-12(15)13(8-10)18-7-6-16-14(18)17-11(2)9-19-3/h4-8,11H,9H2,1-3H3,(H,16,17). The maximum absolute atomic E-state index is 6.26. The maximum Gasteiger partial charge on any atom is 0.207 e. The third-order valence-electron chi connectivity index (χ3n) is 2.79. The molecule has 2 rings (SSSR count). The van der Waals surface area contributed by atoms with Crippen LogP contribution in [0.15, 0.2) is 30.6 Å². The smallest absolute Gasteiger partial charge is 0.207 e. The van der Waals surface area contributed by atoms with Gasteiger partial charge in [-0.1, -0.05) is 17.7 Å². The molecule has 0 saturated carbocycles. The van der Waals surface area contributed by atoms with Crippen molar-refractivity contribution >= 4 is 17.5 Å². The summed E-state index contributed by atoms with van der Waals surface area (Å²) in [7, 11) is 1.68. The monoisotopic (exact) mass is 279 g/mol. The van der Waals surface area contributed by atoms with Crippen molar-refractivity contribution in [1.82, 2.24) is 9.55 Å². The highest BCUT2D eigenvalue weighted by atomic mass is 35.5. The second kappa shape index (κ2) is 6.08. The van der Waals surface area contributed by atoms with E-state index in [2.05, 4.69) is 10.3 Å². The quantitative estimate of drug-likeness (QED) is 0.913. The lowest BCUT2D eigenvalue weighted by Crippen LogP contribution is -2.22. The zero-order chi connectivity index (χ0) is 13.8. The fourth-order valence-corrected chi connectivity index (χ4v) is 2.13. The zero-order valence-corrected chi connectivity index (χ0v) is 12.1. The lowest BCUT2D eigenvalue weighted by molar-refractivity contribution is 0.190. The Balaban J connectivity index is 2.31. The Hall–Kier alpha value is -1.52. The summed E-state index contributed by atoms with van der Waals surface area (Å²) in [6.07, 6.45) is 3.64. The molecule has 0 radical (unpaired) electrons. The first-order valence-corrected chi connectivity index (χ1v) is 6.55. The van der Waals surface area contributed by atoms with Crippen LogP contribution in [-0.4, -0.2) is 29.3 Å². The summed E-state index contributed by atoms with van der Waals surface area (Å²) in [5, 5.41) is 4.00. The van der Waals surface area contributed by atoms with Gasteiger partial charge in [0.25, 0.3) is 0 Å². The summed E-state index contributed by atoms with van der Waals surface area (Å²) >= 11 is 6.26. The second-order valence-electron chi connectivity index (χ2n) is 4.58. The predicted octanol–water partition coefficient (Wildman–Crippen LogP) is 3.28. The minimum absolute atomic E-state index is 0.176. The number of benzene rings is 1. The average molecular weight is 280 g/mol. The van der Waals surface area contributed by atoms with E-state index in [9.17, 15) is 0 Å². The Bertz CT molecular complexity index is 553. The van der Waals surface area contributed by atoms with Crippen molar-refractivity contribution in [2.24, 2.45) is 0 Å².